The molecule has 22 heavy (non-hydrogen) atoms. The van der Waals surface area contributed by atoms with Gasteiger partial charge in [0, 0.05) is 14.1 Å². The molecule has 1 N–H and O–H groups in total. The molecule has 0 aliphatic carbocycles. The normalized spacial score (nSPS) is 13.8. The van der Waals surface area contributed by atoms with Gasteiger partial charge >= 0.3 is 5.97 Å². The Balaban J connectivity index is 2.32. The SMILES string of the molecule is CCC(C(=O)O)C(Sc1nc2ccccc2s1)C(=O)N(C)C. The number of benzene rings is 1. The van der Waals surface area contributed by atoms with Crippen molar-refractivity contribution in [3.05, 3.63) is 24.3 Å². The van der Waals surface area contributed by atoms with Gasteiger partial charge in [-0.2, -0.15) is 0 Å². The number of hydrogen-bond acceptors (Lipinski definition) is 5. The largest absolute Gasteiger partial charge is 0.481 e. The monoisotopic (exact) mass is 338 g/mol. The van der Waals surface area contributed by atoms with Gasteiger partial charge in [0.2, 0.25) is 5.91 Å². The molecule has 0 saturated carbocycles. The number of aromatic nitrogens is 1. The van der Waals surface area contributed by atoms with Gasteiger partial charge in [-0.05, 0) is 18.6 Å². The fourth-order valence-corrected chi connectivity index (χ4v) is 4.71. The van der Waals surface area contributed by atoms with E-state index in [0.29, 0.717) is 6.42 Å². The maximum atomic E-state index is 12.4. The number of carboxylic acid groups (broad SMARTS) is 1. The van der Waals surface area contributed by atoms with Gasteiger partial charge in [0.25, 0.3) is 0 Å². The third-order valence-corrected chi connectivity index (χ3v) is 5.76. The number of carbonyl (C=O) groups is 2. The van der Waals surface area contributed by atoms with E-state index >= 15 is 0 Å². The zero-order valence-electron chi connectivity index (χ0n) is 12.6. The van der Waals surface area contributed by atoms with Crippen LogP contribution in [0, 0.1) is 5.92 Å². The molecule has 0 spiro atoms. The molecule has 1 aromatic heterocycles. The number of aliphatic carboxylic acids is 1. The summed E-state index contributed by atoms with van der Waals surface area (Å²) in [5, 5.41) is 8.72. The van der Waals surface area contributed by atoms with Crippen LogP contribution in [-0.4, -0.2) is 46.2 Å². The Kier molecular flexibility index (Phi) is 5.42. The van der Waals surface area contributed by atoms with E-state index in [2.05, 4.69) is 4.98 Å². The molecule has 0 bridgehead atoms. The molecular weight excluding hydrogens is 320 g/mol. The molecule has 1 amide bonds. The Labute approximate surface area is 137 Å². The minimum atomic E-state index is -0.948. The Bertz CT molecular complexity index is 651. The standard InChI is InChI=1S/C15H18N2O3S2/c1-4-9(14(19)20)12(13(18)17(2)3)22-15-16-10-7-5-6-8-11(10)21-15/h5-9,12H,4H2,1-3H3,(H,19,20). The number of carbonyl (C=O) groups excluding carboxylic acids is 1. The van der Waals surface area contributed by atoms with Crippen LogP contribution in [0.2, 0.25) is 0 Å². The molecule has 1 aromatic carbocycles. The maximum Gasteiger partial charge on any atom is 0.308 e. The number of thioether (sulfide) groups is 1. The average Bonchev–Trinajstić information content (AvgIpc) is 2.88. The number of rotatable bonds is 6. The third-order valence-electron chi connectivity index (χ3n) is 3.31. The van der Waals surface area contributed by atoms with Gasteiger partial charge in [-0.1, -0.05) is 30.8 Å². The van der Waals surface area contributed by atoms with Crippen molar-refractivity contribution in [2.24, 2.45) is 5.92 Å². The number of thiazole rings is 1. The molecule has 0 aliphatic heterocycles. The van der Waals surface area contributed by atoms with Crippen LogP contribution in [-0.2, 0) is 9.59 Å². The molecule has 2 aromatic rings. The summed E-state index contributed by atoms with van der Waals surface area (Å²) in [6.45, 7) is 1.79. The molecule has 5 nitrogen and oxygen atoms in total. The predicted molar refractivity (Wildman–Crippen MR) is 89.4 cm³/mol. The van der Waals surface area contributed by atoms with Crippen molar-refractivity contribution < 1.29 is 14.7 Å². The van der Waals surface area contributed by atoms with Crippen LogP contribution in [0.4, 0.5) is 0 Å². The first-order valence-corrected chi connectivity index (χ1v) is 8.59. The Morgan fingerprint density at radius 2 is 2.05 bits per heavy atom. The fraction of sp³-hybridized carbons (Fsp3) is 0.400. The summed E-state index contributed by atoms with van der Waals surface area (Å²) in [6.07, 6.45) is 0.400. The zero-order chi connectivity index (χ0) is 16.3. The maximum absolute atomic E-state index is 12.4. The summed E-state index contributed by atoms with van der Waals surface area (Å²) in [5.41, 5.74) is 0.870. The van der Waals surface area contributed by atoms with Crippen LogP contribution in [0.15, 0.2) is 28.6 Å². The molecule has 2 unspecified atom stereocenters. The highest BCUT2D eigenvalue weighted by atomic mass is 32.2. The number of para-hydroxylation sites is 1. The van der Waals surface area contributed by atoms with Gasteiger partial charge in [0.1, 0.15) is 5.25 Å². The molecule has 0 radical (unpaired) electrons. The summed E-state index contributed by atoms with van der Waals surface area (Å²) in [4.78, 5) is 29.8. The van der Waals surface area contributed by atoms with Crippen LogP contribution < -0.4 is 0 Å². The first-order chi connectivity index (χ1) is 10.4. The van der Waals surface area contributed by atoms with Crippen molar-refractivity contribution >= 4 is 45.2 Å². The lowest BCUT2D eigenvalue weighted by Gasteiger charge is -2.23. The second-order valence-electron chi connectivity index (χ2n) is 5.07. The highest BCUT2D eigenvalue weighted by Crippen LogP contribution is 2.36. The van der Waals surface area contributed by atoms with Crippen LogP contribution in [0.5, 0.6) is 0 Å². The van der Waals surface area contributed by atoms with Crippen LogP contribution in [0.1, 0.15) is 13.3 Å². The number of hydrogen-bond donors (Lipinski definition) is 1. The minimum absolute atomic E-state index is 0.196. The van der Waals surface area contributed by atoms with Crippen LogP contribution in [0.3, 0.4) is 0 Å². The van der Waals surface area contributed by atoms with Gasteiger partial charge < -0.3 is 10.0 Å². The Morgan fingerprint density at radius 3 is 2.59 bits per heavy atom. The summed E-state index contributed by atoms with van der Waals surface area (Å²) >= 11 is 2.73. The summed E-state index contributed by atoms with van der Waals surface area (Å²) in [6, 6.07) is 7.72. The smallest absolute Gasteiger partial charge is 0.308 e. The van der Waals surface area contributed by atoms with E-state index in [1.165, 1.54) is 28.0 Å². The molecular formula is C15H18N2O3S2. The third kappa shape index (κ3) is 3.59. The fourth-order valence-electron chi connectivity index (χ4n) is 2.09. The van der Waals surface area contributed by atoms with Crippen LogP contribution >= 0.6 is 23.1 Å². The highest BCUT2D eigenvalue weighted by Gasteiger charge is 2.35. The van der Waals surface area contributed by atoms with Crippen molar-refractivity contribution in [3.8, 4) is 0 Å². The van der Waals surface area contributed by atoms with Gasteiger partial charge in [-0.3, -0.25) is 9.59 Å². The highest BCUT2D eigenvalue weighted by molar-refractivity contribution is 8.02. The molecule has 0 saturated heterocycles. The molecule has 1 heterocycles. The number of nitrogens with zero attached hydrogens (tertiary/aromatic N) is 2. The summed E-state index contributed by atoms with van der Waals surface area (Å²) in [5.74, 6) is -1.87. The molecule has 7 heteroatoms. The van der Waals surface area contributed by atoms with E-state index < -0.39 is 17.1 Å². The van der Waals surface area contributed by atoms with E-state index in [1.54, 1.807) is 21.0 Å². The van der Waals surface area contributed by atoms with Crippen molar-refractivity contribution in [1.29, 1.82) is 0 Å². The molecule has 2 atom stereocenters. The van der Waals surface area contributed by atoms with Gasteiger partial charge in [0.05, 0.1) is 16.1 Å². The topological polar surface area (TPSA) is 70.5 Å². The molecule has 118 valence electrons. The summed E-state index contributed by atoms with van der Waals surface area (Å²) < 4.78 is 1.76. The lowest BCUT2D eigenvalue weighted by Crippen LogP contribution is -2.39. The van der Waals surface area contributed by atoms with Gasteiger partial charge in [0.15, 0.2) is 4.34 Å². The van der Waals surface area contributed by atoms with Crippen molar-refractivity contribution in [2.75, 3.05) is 14.1 Å². The molecule has 0 aliphatic rings. The summed E-state index contributed by atoms with van der Waals surface area (Å²) in [7, 11) is 3.28. The molecule has 2 rings (SSSR count). The second-order valence-corrected chi connectivity index (χ2v) is 7.49. The number of amides is 1. The first-order valence-electron chi connectivity index (χ1n) is 6.90. The lowest BCUT2D eigenvalue weighted by atomic mass is 10.0. The predicted octanol–water partition coefficient (Wildman–Crippen LogP) is 2.96. The van der Waals surface area contributed by atoms with E-state index in [4.69, 9.17) is 0 Å². The van der Waals surface area contributed by atoms with Crippen LogP contribution in [0.25, 0.3) is 10.2 Å². The minimum Gasteiger partial charge on any atom is -0.481 e. The van der Waals surface area contributed by atoms with E-state index in [1.807, 2.05) is 24.3 Å². The van der Waals surface area contributed by atoms with E-state index in [-0.39, 0.29) is 5.91 Å². The number of carboxylic acids is 1. The average molecular weight is 338 g/mol. The van der Waals surface area contributed by atoms with E-state index in [0.717, 1.165) is 14.6 Å². The zero-order valence-corrected chi connectivity index (χ0v) is 14.3. The Hall–Kier alpha value is -1.60. The molecule has 0 fully saturated rings. The van der Waals surface area contributed by atoms with Gasteiger partial charge in [-0.15, -0.1) is 11.3 Å². The van der Waals surface area contributed by atoms with Crippen molar-refractivity contribution in [2.45, 2.75) is 22.9 Å². The second kappa shape index (κ2) is 7.11. The number of fused-ring (bicyclic) bond motifs is 1. The van der Waals surface area contributed by atoms with E-state index in [9.17, 15) is 14.7 Å². The lowest BCUT2D eigenvalue weighted by molar-refractivity contribution is -0.144. The van der Waals surface area contributed by atoms with Crippen molar-refractivity contribution in [3.63, 3.8) is 0 Å². The Morgan fingerprint density at radius 1 is 1.36 bits per heavy atom. The van der Waals surface area contributed by atoms with Crippen molar-refractivity contribution in [1.82, 2.24) is 9.88 Å². The van der Waals surface area contributed by atoms with Gasteiger partial charge in [-0.25, -0.2) is 4.98 Å². The first kappa shape index (κ1) is 16.8. The quantitative estimate of drug-likeness (QED) is 0.820.